The predicted molar refractivity (Wildman–Crippen MR) is 78.7 cm³/mol. The van der Waals surface area contributed by atoms with Crippen LogP contribution in [0.1, 0.15) is 31.9 Å². The van der Waals surface area contributed by atoms with Gasteiger partial charge in [-0.3, -0.25) is 4.79 Å². The topological polar surface area (TPSA) is 73.1 Å². The lowest BCUT2D eigenvalue weighted by Crippen LogP contribution is -2.38. The number of carbonyl (C=O) groups is 1. The van der Waals surface area contributed by atoms with Gasteiger partial charge in [-0.05, 0) is 29.2 Å². The SMILES string of the molecule is CC(C)(C)C(O)CNC(=O)/C=C/c1cccc(C#N)c1. The predicted octanol–water partition coefficient (Wildman–Crippen LogP) is 2.09. The Labute approximate surface area is 119 Å². The Bertz CT molecular complexity index is 536. The molecule has 0 aromatic heterocycles. The van der Waals surface area contributed by atoms with Crippen molar-refractivity contribution in [2.45, 2.75) is 26.9 Å². The van der Waals surface area contributed by atoms with Crippen LogP contribution >= 0.6 is 0 Å². The quantitative estimate of drug-likeness (QED) is 0.824. The average molecular weight is 272 g/mol. The van der Waals surface area contributed by atoms with Crippen LogP contribution in [0.5, 0.6) is 0 Å². The highest BCUT2D eigenvalue weighted by Gasteiger charge is 2.21. The van der Waals surface area contributed by atoms with E-state index in [1.54, 1.807) is 24.3 Å². The summed E-state index contributed by atoms with van der Waals surface area (Å²) >= 11 is 0. The van der Waals surface area contributed by atoms with Gasteiger partial charge in [-0.25, -0.2) is 0 Å². The molecular formula is C16H20N2O2. The number of benzene rings is 1. The first-order valence-corrected chi connectivity index (χ1v) is 6.47. The van der Waals surface area contributed by atoms with Crippen molar-refractivity contribution in [2.24, 2.45) is 5.41 Å². The summed E-state index contributed by atoms with van der Waals surface area (Å²) in [6.45, 7) is 5.94. The van der Waals surface area contributed by atoms with Crippen molar-refractivity contribution in [1.82, 2.24) is 5.32 Å². The standard InChI is InChI=1S/C16H20N2O2/c1-16(2,3)14(19)11-18-15(20)8-7-12-5-4-6-13(9-12)10-17/h4-9,14,19H,11H2,1-3H3,(H,18,20)/b8-7+. The highest BCUT2D eigenvalue weighted by atomic mass is 16.3. The first-order valence-electron chi connectivity index (χ1n) is 6.47. The van der Waals surface area contributed by atoms with E-state index in [1.165, 1.54) is 6.08 Å². The third-order valence-corrected chi connectivity index (χ3v) is 2.91. The third-order valence-electron chi connectivity index (χ3n) is 2.91. The molecule has 1 rings (SSSR count). The highest BCUT2D eigenvalue weighted by Crippen LogP contribution is 2.18. The van der Waals surface area contributed by atoms with Crippen molar-refractivity contribution in [2.75, 3.05) is 6.54 Å². The summed E-state index contributed by atoms with van der Waals surface area (Å²) in [6, 6.07) is 9.03. The molecule has 0 spiro atoms. The normalized spacial score (nSPS) is 12.9. The first-order chi connectivity index (χ1) is 9.32. The monoisotopic (exact) mass is 272 g/mol. The van der Waals surface area contributed by atoms with Crippen LogP contribution in [0.4, 0.5) is 0 Å². The molecule has 0 saturated carbocycles. The van der Waals surface area contributed by atoms with Crippen molar-refractivity contribution in [1.29, 1.82) is 5.26 Å². The van der Waals surface area contributed by atoms with Gasteiger partial charge in [0.05, 0.1) is 17.7 Å². The summed E-state index contributed by atoms with van der Waals surface area (Å²) in [4.78, 5) is 11.6. The maximum Gasteiger partial charge on any atom is 0.244 e. The lowest BCUT2D eigenvalue weighted by molar-refractivity contribution is -0.117. The molecule has 0 saturated heterocycles. The molecular weight excluding hydrogens is 252 g/mol. The van der Waals surface area contributed by atoms with Gasteiger partial charge < -0.3 is 10.4 Å². The Balaban J connectivity index is 2.54. The van der Waals surface area contributed by atoms with Gasteiger partial charge in [-0.15, -0.1) is 0 Å². The maximum absolute atomic E-state index is 11.6. The molecule has 20 heavy (non-hydrogen) atoms. The number of hydrogen-bond donors (Lipinski definition) is 2. The number of hydrogen-bond acceptors (Lipinski definition) is 3. The molecule has 1 aromatic carbocycles. The number of nitrogens with one attached hydrogen (secondary N) is 1. The zero-order valence-corrected chi connectivity index (χ0v) is 12.1. The summed E-state index contributed by atoms with van der Waals surface area (Å²) in [7, 11) is 0. The number of nitriles is 1. The molecule has 4 nitrogen and oxygen atoms in total. The summed E-state index contributed by atoms with van der Waals surface area (Å²) in [5, 5.41) is 21.2. The minimum Gasteiger partial charge on any atom is -0.391 e. The van der Waals surface area contributed by atoms with Crippen LogP contribution < -0.4 is 5.32 Å². The Kier molecular flexibility index (Phi) is 5.48. The van der Waals surface area contributed by atoms with E-state index in [0.717, 1.165) is 5.56 Å². The molecule has 1 atom stereocenters. The molecule has 0 fully saturated rings. The van der Waals surface area contributed by atoms with E-state index in [4.69, 9.17) is 5.26 Å². The number of rotatable bonds is 4. The largest absolute Gasteiger partial charge is 0.391 e. The van der Waals surface area contributed by atoms with Crippen LogP contribution in [0, 0.1) is 16.7 Å². The van der Waals surface area contributed by atoms with Gasteiger partial charge in [0, 0.05) is 12.6 Å². The zero-order valence-electron chi connectivity index (χ0n) is 12.1. The van der Waals surface area contributed by atoms with Crippen molar-refractivity contribution in [3.8, 4) is 6.07 Å². The number of aliphatic hydroxyl groups is 1. The molecule has 0 radical (unpaired) electrons. The van der Waals surface area contributed by atoms with E-state index in [1.807, 2.05) is 32.9 Å². The molecule has 4 heteroatoms. The Morgan fingerprint density at radius 2 is 2.20 bits per heavy atom. The van der Waals surface area contributed by atoms with Gasteiger partial charge in [0.15, 0.2) is 0 Å². The van der Waals surface area contributed by atoms with Crippen molar-refractivity contribution >= 4 is 12.0 Å². The second kappa shape index (κ2) is 6.88. The molecule has 0 heterocycles. The van der Waals surface area contributed by atoms with Crippen LogP contribution in [0.25, 0.3) is 6.08 Å². The lowest BCUT2D eigenvalue weighted by atomic mass is 9.89. The van der Waals surface area contributed by atoms with Gasteiger partial charge in [0.2, 0.25) is 5.91 Å². The van der Waals surface area contributed by atoms with E-state index in [-0.39, 0.29) is 17.9 Å². The minimum absolute atomic E-state index is 0.213. The molecule has 0 bridgehead atoms. The van der Waals surface area contributed by atoms with E-state index >= 15 is 0 Å². The molecule has 1 aromatic rings. The minimum atomic E-state index is -0.596. The Hall–Kier alpha value is -2.12. The number of nitrogens with zero attached hydrogens (tertiary/aromatic N) is 1. The van der Waals surface area contributed by atoms with Crippen LogP contribution in [0.3, 0.4) is 0 Å². The second-order valence-corrected chi connectivity index (χ2v) is 5.70. The van der Waals surface area contributed by atoms with Crippen molar-refractivity contribution in [3.05, 3.63) is 41.5 Å². The molecule has 0 aliphatic heterocycles. The third kappa shape index (κ3) is 5.25. The van der Waals surface area contributed by atoms with Gasteiger partial charge in [0.25, 0.3) is 0 Å². The molecule has 106 valence electrons. The van der Waals surface area contributed by atoms with E-state index in [9.17, 15) is 9.90 Å². The molecule has 1 amide bonds. The number of amides is 1. The second-order valence-electron chi connectivity index (χ2n) is 5.70. The number of aliphatic hydroxyl groups excluding tert-OH is 1. The van der Waals surface area contributed by atoms with Crippen molar-refractivity contribution in [3.63, 3.8) is 0 Å². The maximum atomic E-state index is 11.6. The van der Waals surface area contributed by atoms with E-state index < -0.39 is 6.10 Å². The lowest BCUT2D eigenvalue weighted by Gasteiger charge is -2.25. The van der Waals surface area contributed by atoms with Crippen LogP contribution in [0.15, 0.2) is 30.3 Å². The van der Waals surface area contributed by atoms with Crippen LogP contribution in [-0.2, 0) is 4.79 Å². The first kappa shape index (κ1) is 15.9. The molecule has 1 unspecified atom stereocenters. The van der Waals surface area contributed by atoms with Gasteiger partial charge in [0.1, 0.15) is 0 Å². The summed E-state index contributed by atoms with van der Waals surface area (Å²) < 4.78 is 0. The fraction of sp³-hybridized carbons (Fsp3) is 0.375. The van der Waals surface area contributed by atoms with Crippen molar-refractivity contribution < 1.29 is 9.90 Å². The number of carbonyl (C=O) groups excluding carboxylic acids is 1. The summed E-state index contributed by atoms with van der Waals surface area (Å²) in [5.41, 5.74) is 1.07. The fourth-order valence-electron chi connectivity index (χ4n) is 1.45. The Morgan fingerprint density at radius 1 is 1.50 bits per heavy atom. The highest BCUT2D eigenvalue weighted by molar-refractivity contribution is 5.91. The molecule has 0 aliphatic carbocycles. The average Bonchev–Trinajstić information content (AvgIpc) is 2.41. The van der Waals surface area contributed by atoms with E-state index in [0.29, 0.717) is 5.56 Å². The molecule has 0 aliphatic rings. The van der Waals surface area contributed by atoms with E-state index in [2.05, 4.69) is 5.32 Å². The summed E-state index contributed by atoms with van der Waals surface area (Å²) in [6.07, 6.45) is 2.44. The smallest absolute Gasteiger partial charge is 0.244 e. The van der Waals surface area contributed by atoms with Gasteiger partial charge >= 0.3 is 0 Å². The van der Waals surface area contributed by atoms with Gasteiger partial charge in [-0.2, -0.15) is 5.26 Å². The Morgan fingerprint density at radius 3 is 2.80 bits per heavy atom. The molecule has 2 N–H and O–H groups in total. The van der Waals surface area contributed by atoms with Crippen LogP contribution in [-0.4, -0.2) is 23.7 Å². The zero-order chi connectivity index (χ0) is 15.2. The summed E-state index contributed by atoms with van der Waals surface area (Å²) in [5.74, 6) is -0.268. The van der Waals surface area contributed by atoms with Crippen LogP contribution in [0.2, 0.25) is 0 Å². The van der Waals surface area contributed by atoms with Gasteiger partial charge in [-0.1, -0.05) is 32.9 Å². The fourth-order valence-corrected chi connectivity index (χ4v) is 1.45.